The van der Waals surface area contributed by atoms with E-state index < -0.39 is 11.2 Å². The van der Waals surface area contributed by atoms with Gasteiger partial charge in [-0.15, -0.1) is 0 Å². The Balaban J connectivity index is 1.71. The van der Waals surface area contributed by atoms with Crippen LogP contribution in [0.1, 0.15) is 65.2 Å². The molecule has 0 radical (unpaired) electrons. The van der Waals surface area contributed by atoms with Crippen LogP contribution in [0.3, 0.4) is 0 Å². The molecular weight excluding hydrogens is 372 g/mol. The van der Waals surface area contributed by atoms with Gasteiger partial charge in [-0.05, 0) is 75.0 Å². The summed E-state index contributed by atoms with van der Waals surface area (Å²) in [6, 6.07) is 0. The number of esters is 1. The van der Waals surface area contributed by atoms with Crippen molar-refractivity contribution in [3.05, 3.63) is 0 Å². The van der Waals surface area contributed by atoms with E-state index in [-0.39, 0.29) is 28.3 Å². The zero-order chi connectivity index (χ0) is 20.3. The monoisotopic (exact) mass is 410 g/mol. The highest BCUT2D eigenvalue weighted by molar-refractivity contribution is 7.90. The lowest BCUT2D eigenvalue weighted by atomic mass is 9.35. The van der Waals surface area contributed by atoms with Crippen LogP contribution in [-0.2, 0) is 25.4 Å². The van der Waals surface area contributed by atoms with Crippen molar-refractivity contribution in [3.63, 3.8) is 0 Å². The highest BCUT2D eigenvalue weighted by atomic mass is 32.2. The summed E-state index contributed by atoms with van der Waals surface area (Å²) in [6.45, 7) is 4.64. The normalized spacial score (nSPS) is 51.1. The minimum atomic E-state index is -0.782. The maximum atomic E-state index is 12.8. The molecule has 0 saturated heterocycles. The van der Waals surface area contributed by atoms with Crippen molar-refractivity contribution in [1.82, 2.24) is 0 Å². The number of carbonyl (C=O) groups is 1. The van der Waals surface area contributed by atoms with E-state index in [9.17, 15) is 9.35 Å². The van der Waals surface area contributed by atoms with Gasteiger partial charge in [-0.2, -0.15) is 0 Å². The maximum Gasteiger partial charge on any atom is 0.311 e. The van der Waals surface area contributed by atoms with Crippen LogP contribution >= 0.6 is 0 Å². The standard InChI is InChI=1S/C23H38O4S/c1-21-9-6-10-22(2,20(24)27-4)17(21)8-12-23-11-7-15(13-18(21)23)16(14-28(5)25)19(23)26-3/h15-19H,6-14H2,1-5H3/t15-,16-,17-,18-,19+,21+,22+,23-,28?/m0/s1. The number of methoxy groups -OCH3 is 2. The number of hydrogen-bond acceptors (Lipinski definition) is 4. The van der Waals surface area contributed by atoms with Gasteiger partial charge >= 0.3 is 5.97 Å². The smallest absolute Gasteiger partial charge is 0.311 e. The largest absolute Gasteiger partial charge is 0.617 e. The van der Waals surface area contributed by atoms with Crippen molar-refractivity contribution in [3.8, 4) is 0 Å². The van der Waals surface area contributed by atoms with Gasteiger partial charge in [-0.25, -0.2) is 0 Å². The van der Waals surface area contributed by atoms with Crippen LogP contribution in [0, 0.1) is 39.9 Å². The fourth-order valence-corrected chi connectivity index (χ4v) is 9.82. The Morgan fingerprint density at radius 2 is 1.82 bits per heavy atom. The Bertz CT molecular complexity index is 624. The van der Waals surface area contributed by atoms with Gasteiger partial charge in [0.1, 0.15) is 5.75 Å². The Hall–Kier alpha value is -0.260. The molecule has 5 fully saturated rings. The lowest BCUT2D eigenvalue weighted by molar-refractivity contribution is -0.248. The molecule has 0 aromatic carbocycles. The van der Waals surface area contributed by atoms with E-state index in [1.165, 1.54) is 25.7 Å². The summed E-state index contributed by atoms with van der Waals surface area (Å²) in [6.07, 6.45) is 11.3. The van der Waals surface area contributed by atoms with Gasteiger partial charge in [-0.1, -0.05) is 24.5 Å². The van der Waals surface area contributed by atoms with Crippen molar-refractivity contribution >= 4 is 17.1 Å². The van der Waals surface area contributed by atoms with Crippen LogP contribution in [0.4, 0.5) is 0 Å². The molecule has 5 aliphatic rings. The molecule has 0 N–H and O–H groups in total. The summed E-state index contributed by atoms with van der Waals surface area (Å²) in [5, 5.41) is 0. The second-order valence-corrected chi connectivity index (χ2v) is 12.2. The predicted octanol–water partition coefficient (Wildman–Crippen LogP) is 4.19. The molecular formula is C23H38O4S. The maximum absolute atomic E-state index is 12.8. The first-order chi connectivity index (χ1) is 13.2. The fraction of sp³-hybridized carbons (Fsp3) is 0.957. The molecule has 0 aliphatic heterocycles. The van der Waals surface area contributed by atoms with Crippen molar-refractivity contribution in [2.24, 2.45) is 39.9 Å². The summed E-state index contributed by atoms with van der Waals surface area (Å²) < 4.78 is 23.6. The molecule has 4 nitrogen and oxygen atoms in total. The molecule has 9 atom stereocenters. The molecule has 1 spiro atoms. The summed E-state index contributed by atoms with van der Waals surface area (Å²) in [5.41, 5.74) is 0.0192. The molecule has 0 aromatic heterocycles. The van der Waals surface area contributed by atoms with Crippen LogP contribution in [0.2, 0.25) is 0 Å². The quantitative estimate of drug-likeness (QED) is 0.515. The van der Waals surface area contributed by atoms with Gasteiger partial charge in [0.2, 0.25) is 0 Å². The Morgan fingerprint density at radius 1 is 1.11 bits per heavy atom. The van der Waals surface area contributed by atoms with Gasteiger partial charge in [0.15, 0.2) is 0 Å². The number of rotatable bonds is 4. The lowest BCUT2D eigenvalue weighted by Crippen LogP contribution is -2.67. The SMILES string of the molecule is COC(=O)[C@]1(C)CCC[C@@]2(C)[C@@H]3C[C@@H]4CC[C@@]3(CC[C@@H]21)[C@H](OC)[C@H]4C[S+](C)[O-]. The highest BCUT2D eigenvalue weighted by Gasteiger charge is 2.69. The molecule has 5 rings (SSSR count). The van der Waals surface area contributed by atoms with E-state index in [1.807, 2.05) is 13.4 Å². The van der Waals surface area contributed by atoms with Crippen LogP contribution in [0.25, 0.3) is 0 Å². The topological polar surface area (TPSA) is 58.6 Å². The molecule has 5 saturated carbocycles. The van der Waals surface area contributed by atoms with E-state index in [0.717, 1.165) is 31.4 Å². The molecule has 5 aliphatic carbocycles. The van der Waals surface area contributed by atoms with Crippen LogP contribution in [-0.4, -0.2) is 42.9 Å². The number of fused-ring (bicyclic) bond motifs is 3. The van der Waals surface area contributed by atoms with Gasteiger partial charge < -0.3 is 14.0 Å². The molecule has 160 valence electrons. The number of ether oxygens (including phenoxy) is 2. The van der Waals surface area contributed by atoms with E-state index in [4.69, 9.17) is 9.47 Å². The Kier molecular flexibility index (Phi) is 5.37. The Morgan fingerprint density at radius 3 is 2.46 bits per heavy atom. The summed E-state index contributed by atoms with van der Waals surface area (Å²) >= 11 is -0.782. The highest BCUT2D eigenvalue weighted by Crippen LogP contribution is 2.72. The second kappa shape index (κ2) is 7.16. The summed E-state index contributed by atoms with van der Waals surface area (Å²) in [5.74, 6) is 2.81. The average molecular weight is 411 g/mol. The van der Waals surface area contributed by atoms with Gasteiger partial charge in [-0.3, -0.25) is 4.79 Å². The van der Waals surface area contributed by atoms with Gasteiger partial charge in [0.25, 0.3) is 0 Å². The van der Waals surface area contributed by atoms with E-state index in [0.29, 0.717) is 23.7 Å². The van der Waals surface area contributed by atoms with Gasteiger partial charge in [0, 0.05) is 18.4 Å². The van der Waals surface area contributed by atoms with Crippen molar-refractivity contribution < 1.29 is 18.8 Å². The number of hydrogen-bond donors (Lipinski definition) is 0. The lowest BCUT2D eigenvalue weighted by Gasteiger charge is -2.70. The fourth-order valence-electron chi connectivity index (χ4n) is 8.83. The van der Waals surface area contributed by atoms with E-state index >= 15 is 0 Å². The van der Waals surface area contributed by atoms with E-state index in [1.54, 1.807) is 7.11 Å². The number of carbonyl (C=O) groups excluding carboxylic acids is 1. The zero-order valence-electron chi connectivity index (χ0n) is 18.3. The van der Waals surface area contributed by atoms with Crippen LogP contribution in [0.15, 0.2) is 0 Å². The van der Waals surface area contributed by atoms with Crippen molar-refractivity contribution in [2.75, 3.05) is 26.2 Å². The molecule has 2 bridgehead atoms. The second-order valence-electron chi connectivity index (χ2n) is 10.7. The average Bonchev–Trinajstić information content (AvgIpc) is 2.66. The molecule has 0 amide bonds. The van der Waals surface area contributed by atoms with Crippen LogP contribution in [0.5, 0.6) is 0 Å². The summed E-state index contributed by atoms with van der Waals surface area (Å²) in [4.78, 5) is 12.8. The molecule has 0 aromatic rings. The third-order valence-corrected chi connectivity index (χ3v) is 10.6. The first-order valence-electron chi connectivity index (χ1n) is 11.1. The molecule has 1 unspecified atom stereocenters. The first kappa shape index (κ1) is 21.0. The minimum Gasteiger partial charge on any atom is -0.617 e. The molecule has 28 heavy (non-hydrogen) atoms. The first-order valence-corrected chi connectivity index (χ1v) is 12.9. The Labute approximate surface area is 173 Å². The van der Waals surface area contributed by atoms with Crippen molar-refractivity contribution in [2.45, 2.75) is 71.3 Å². The third kappa shape index (κ3) is 2.75. The molecule has 0 heterocycles. The summed E-state index contributed by atoms with van der Waals surface area (Å²) in [7, 11) is 3.42. The zero-order valence-corrected chi connectivity index (χ0v) is 19.1. The van der Waals surface area contributed by atoms with Gasteiger partial charge in [0.05, 0.1) is 24.9 Å². The molecule has 5 heteroatoms. The third-order valence-electron chi connectivity index (χ3n) is 9.78. The van der Waals surface area contributed by atoms with Crippen molar-refractivity contribution in [1.29, 1.82) is 0 Å². The minimum absolute atomic E-state index is 0.0112. The predicted molar refractivity (Wildman–Crippen MR) is 111 cm³/mol. The van der Waals surface area contributed by atoms with Crippen LogP contribution < -0.4 is 0 Å². The van der Waals surface area contributed by atoms with E-state index in [2.05, 4.69) is 13.8 Å².